The average molecular weight is 408 g/mol. The summed E-state index contributed by atoms with van der Waals surface area (Å²) in [7, 11) is 3.27. The number of hydrogen-bond acceptors (Lipinski definition) is 5. The van der Waals surface area contributed by atoms with E-state index in [0.717, 1.165) is 61.1 Å². The van der Waals surface area contributed by atoms with Gasteiger partial charge in [-0.05, 0) is 49.2 Å². The third-order valence-electron chi connectivity index (χ3n) is 5.22. The van der Waals surface area contributed by atoms with Crippen molar-refractivity contribution in [2.45, 2.75) is 25.4 Å². The Morgan fingerprint density at radius 1 is 1.18 bits per heavy atom. The van der Waals surface area contributed by atoms with Gasteiger partial charge in [-0.15, -0.1) is 0 Å². The monoisotopic (exact) mass is 407 g/mol. The smallest absolute Gasteiger partial charge is 0.251 e. The highest BCUT2D eigenvalue weighted by molar-refractivity contribution is 7.80. The summed E-state index contributed by atoms with van der Waals surface area (Å²) >= 11 is 5.53. The zero-order chi connectivity index (χ0) is 19.9. The Kier molecular flexibility index (Phi) is 7.33. The molecule has 2 aliphatic rings. The Balaban J connectivity index is 1.40. The molecule has 154 valence electrons. The van der Waals surface area contributed by atoms with Crippen molar-refractivity contribution in [1.29, 1.82) is 0 Å². The van der Waals surface area contributed by atoms with Crippen molar-refractivity contribution in [1.82, 2.24) is 15.1 Å². The van der Waals surface area contributed by atoms with Crippen molar-refractivity contribution in [2.75, 3.05) is 53.6 Å². The summed E-state index contributed by atoms with van der Waals surface area (Å²) in [5, 5.41) is 4.06. The molecule has 0 spiro atoms. The lowest BCUT2D eigenvalue weighted by Gasteiger charge is -2.37. The molecular weight excluding hydrogens is 378 g/mol. The molecule has 1 aromatic carbocycles. The fraction of sp³-hybridized carbons (Fsp3) is 0.600. The predicted molar refractivity (Wildman–Crippen MR) is 111 cm³/mol. The topological polar surface area (TPSA) is 63.3 Å². The minimum absolute atomic E-state index is 0.129. The highest BCUT2D eigenvalue weighted by Crippen LogP contribution is 2.27. The van der Waals surface area contributed by atoms with Gasteiger partial charge in [0.05, 0.1) is 14.2 Å². The fourth-order valence-corrected chi connectivity index (χ4v) is 3.85. The number of carbonyl (C=O) groups is 1. The van der Waals surface area contributed by atoms with E-state index in [-0.39, 0.29) is 12.0 Å². The van der Waals surface area contributed by atoms with E-state index >= 15 is 0 Å². The molecule has 2 fully saturated rings. The molecule has 1 atom stereocenters. The number of ether oxygens (including phenoxy) is 3. The van der Waals surface area contributed by atoms with Gasteiger partial charge in [-0.25, -0.2) is 0 Å². The lowest BCUT2D eigenvalue weighted by Crippen LogP contribution is -2.54. The molecule has 0 aliphatic carbocycles. The number of carbonyl (C=O) groups excluding carboxylic acids is 1. The Hall–Kier alpha value is -2.06. The molecule has 1 aromatic rings. The number of rotatable bonds is 6. The zero-order valence-electron chi connectivity index (χ0n) is 16.6. The van der Waals surface area contributed by atoms with Crippen LogP contribution in [0.15, 0.2) is 18.2 Å². The van der Waals surface area contributed by atoms with Crippen LogP contribution in [0.1, 0.15) is 18.4 Å². The molecule has 7 nitrogen and oxygen atoms in total. The van der Waals surface area contributed by atoms with Gasteiger partial charge in [0, 0.05) is 39.3 Å². The van der Waals surface area contributed by atoms with Gasteiger partial charge in [-0.2, -0.15) is 0 Å². The molecule has 1 N–H and O–H groups in total. The molecule has 0 radical (unpaired) electrons. The maximum absolute atomic E-state index is 12.4. The van der Waals surface area contributed by atoms with Gasteiger partial charge in [-0.3, -0.25) is 4.79 Å². The van der Waals surface area contributed by atoms with E-state index in [2.05, 4.69) is 10.2 Å². The fourth-order valence-electron chi connectivity index (χ4n) is 3.57. The quantitative estimate of drug-likeness (QED) is 0.716. The molecule has 8 heteroatoms. The second-order valence-electron chi connectivity index (χ2n) is 6.99. The van der Waals surface area contributed by atoms with Crippen molar-refractivity contribution in [3.8, 4) is 11.5 Å². The third kappa shape index (κ3) is 5.05. The third-order valence-corrected chi connectivity index (χ3v) is 5.62. The van der Waals surface area contributed by atoms with Crippen LogP contribution in [0.5, 0.6) is 11.5 Å². The van der Waals surface area contributed by atoms with E-state index in [4.69, 9.17) is 26.4 Å². The lowest BCUT2D eigenvalue weighted by atomic mass is 10.1. The molecule has 2 saturated heterocycles. The molecule has 0 bridgehead atoms. The summed E-state index contributed by atoms with van der Waals surface area (Å²) in [6.07, 6.45) is 2.41. The minimum atomic E-state index is -0.238. The van der Waals surface area contributed by atoms with E-state index < -0.39 is 0 Å². The van der Waals surface area contributed by atoms with Crippen LogP contribution in [-0.4, -0.2) is 80.5 Å². The molecule has 2 heterocycles. The minimum Gasteiger partial charge on any atom is -0.493 e. The predicted octanol–water partition coefficient (Wildman–Crippen LogP) is 1.44. The van der Waals surface area contributed by atoms with Gasteiger partial charge < -0.3 is 29.3 Å². The molecule has 28 heavy (non-hydrogen) atoms. The van der Waals surface area contributed by atoms with E-state index in [9.17, 15) is 4.79 Å². The van der Waals surface area contributed by atoms with Crippen LogP contribution < -0.4 is 14.8 Å². The van der Waals surface area contributed by atoms with E-state index in [0.29, 0.717) is 19.7 Å². The average Bonchev–Trinajstić information content (AvgIpc) is 3.28. The van der Waals surface area contributed by atoms with Crippen LogP contribution in [-0.2, 0) is 16.0 Å². The van der Waals surface area contributed by atoms with Crippen LogP contribution >= 0.6 is 12.2 Å². The molecule has 3 rings (SSSR count). The maximum Gasteiger partial charge on any atom is 0.251 e. The highest BCUT2D eigenvalue weighted by atomic mass is 32.1. The number of nitrogens with one attached hydrogen (secondary N) is 1. The zero-order valence-corrected chi connectivity index (χ0v) is 17.4. The summed E-state index contributed by atoms with van der Waals surface area (Å²) in [4.78, 5) is 16.4. The van der Waals surface area contributed by atoms with Crippen LogP contribution in [0.3, 0.4) is 0 Å². The highest BCUT2D eigenvalue weighted by Gasteiger charge is 2.30. The number of nitrogens with zero attached hydrogens (tertiary/aromatic N) is 2. The molecule has 0 aromatic heterocycles. The van der Waals surface area contributed by atoms with Crippen LogP contribution in [0.25, 0.3) is 0 Å². The number of amides is 1. The first-order valence-corrected chi connectivity index (χ1v) is 10.2. The lowest BCUT2D eigenvalue weighted by molar-refractivity contribution is -0.142. The summed E-state index contributed by atoms with van der Waals surface area (Å²) in [5.74, 6) is 1.59. The van der Waals surface area contributed by atoms with Crippen molar-refractivity contribution in [2.24, 2.45) is 0 Å². The summed E-state index contributed by atoms with van der Waals surface area (Å²) < 4.78 is 16.1. The van der Waals surface area contributed by atoms with Crippen LogP contribution in [0.4, 0.5) is 0 Å². The van der Waals surface area contributed by atoms with Gasteiger partial charge in [0.25, 0.3) is 5.91 Å². The normalized spacial score (nSPS) is 19.4. The first kappa shape index (κ1) is 20.7. The van der Waals surface area contributed by atoms with Crippen molar-refractivity contribution in [3.05, 3.63) is 23.8 Å². The second kappa shape index (κ2) is 9.93. The molecule has 1 amide bonds. The summed E-state index contributed by atoms with van der Waals surface area (Å²) in [5.41, 5.74) is 1.15. The Bertz CT molecular complexity index is 686. The Morgan fingerprint density at radius 2 is 1.89 bits per heavy atom. The Morgan fingerprint density at radius 3 is 2.54 bits per heavy atom. The van der Waals surface area contributed by atoms with E-state index in [1.165, 1.54) is 0 Å². The van der Waals surface area contributed by atoms with Gasteiger partial charge >= 0.3 is 0 Å². The van der Waals surface area contributed by atoms with Crippen LogP contribution in [0, 0.1) is 0 Å². The first-order valence-electron chi connectivity index (χ1n) is 9.76. The SMILES string of the molecule is COc1ccc(CCNC(=S)N2CCN(C(=O)C3CCCO3)CC2)cc1OC. The van der Waals surface area contributed by atoms with Gasteiger partial charge in [0.2, 0.25) is 0 Å². The molecule has 0 saturated carbocycles. The maximum atomic E-state index is 12.4. The Labute approximate surface area is 171 Å². The second-order valence-corrected chi connectivity index (χ2v) is 7.37. The van der Waals surface area contributed by atoms with E-state index in [1.807, 2.05) is 23.1 Å². The number of methoxy groups -OCH3 is 2. The molecular formula is C20H29N3O4S. The van der Waals surface area contributed by atoms with E-state index in [1.54, 1.807) is 14.2 Å². The molecule has 2 aliphatic heterocycles. The standard InChI is InChI=1S/C20H29N3O4S/c1-25-16-6-5-15(14-18(16)26-2)7-8-21-20(28)23-11-9-22(10-12-23)19(24)17-4-3-13-27-17/h5-6,14,17H,3-4,7-13H2,1-2H3,(H,21,28). The van der Waals surface area contributed by atoms with Crippen molar-refractivity contribution >= 4 is 23.2 Å². The number of thiocarbonyl (C=S) groups is 1. The summed E-state index contributed by atoms with van der Waals surface area (Å²) in [6, 6.07) is 5.93. The first-order chi connectivity index (χ1) is 13.6. The number of hydrogen-bond donors (Lipinski definition) is 1. The van der Waals surface area contributed by atoms with Gasteiger partial charge in [0.1, 0.15) is 6.10 Å². The summed E-state index contributed by atoms with van der Waals surface area (Å²) in [6.45, 7) is 4.32. The van der Waals surface area contributed by atoms with Gasteiger partial charge in [-0.1, -0.05) is 6.07 Å². The van der Waals surface area contributed by atoms with Crippen molar-refractivity contribution < 1.29 is 19.0 Å². The van der Waals surface area contributed by atoms with Crippen molar-refractivity contribution in [3.63, 3.8) is 0 Å². The molecule has 1 unspecified atom stereocenters. The largest absolute Gasteiger partial charge is 0.493 e. The van der Waals surface area contributed by atoms with Gasteiger partial charge in [0.15, 0.2) is 16.6 Å². The number of benzene rings is 1. The van der Waals surface area contributed by atoms with Crippen LogP contribution in [0.2, 0.25) is 0 Å². The number of piperazine rings is 1.